The summed E-state index contributed by atoms with van der Waals surface area (Å²) in [5.74, 6) is -0.0277. The van der Waals surface area contributed by atoms with Crippen LogP contribution in [-0.4, -0.2) is 17.8 Å². The maximum Gasteiger partial charge on any atom is 0.252 e. The molecule has 0 spiro atoms. The molecular formula is C13H17Br2NO. The molecule has 1 aromatic carbocycles. The fourth-order valence-electron chi connectivity index (χ4n) is 1.40. The lowest BCUT2D eigenvalue weighted by atomic mass is 9.90. The number of hydrogen-bond acceptors (Lipinski definition) is 1. The highest BCUT2D eigenvalue weighted by atomic mass is 79.9. The molecule has 0 radical (unpaired) electrons. The zero-order valence-corrected chi connectivity index (χ0v) is 13.3. The van der Waals surface area contributed by atoms with Crippen molar-refractivity contribution >= 4 is 37.8 Å². The van der Waals surface area contributed by atoms with E-state index < -0.39 is 0 Å². The monoisotopic (exact) mass is 361 g/mol. The molecule has 0 aliphatic rings. The van der Waals surface area contributed by atoms with Crippen LogP contribution < -0.4 is 5.32 Å². The van der Waals surface area contributed by atoms with Crippen LogP contribution in [-0.2, 0) is 0 Å². The molecule has 1 rings (SSSR count). The van der Waals surface area contributed by atoms with Gasteiger partial charge in [0.15, 0.2) is 0 Å². The molecule has 4 heteroatoms. The van der Waals surface area contributed by atoms with E-state index in [1.54, 1.807) is 0 Å². The molecule has 1 aromatic rings. The van der Waals surface area contributed by atoms with Crippen LogP contribution in [0.2, 0.25) is 0 Å². The first-order valence-corrected chi connectivity index (χ1v) is 7.46. The second kappa shape index (κ2) is 6.55. The number of carbonyl (C=O) groups is 1. The van der Waals surface area contributed by atoms with Crippen molar-refractivity contribution in [1.82, 2.24) is 5.32 Å². The Kier molecular flexibility index (Phi) is 5.67. The second-order valence-electron chi connectivity index (χ2n) is 4.77. The van der Waals surface area contributed by atoms with Crippen LogP contribution in [0.3, 0.4) is 0 Å². The van der Waals surface area contributed by atoms with Gasteiger partial charge in [-0.3, -0.25) is 4.79 Å². The van der Waals surface area contributed by atoms with Crippen LogP contribution >= 0.6 is 31.9 Å². The van der Waals surface area contributed by atoms with Gasteiger partial charge < -0.3 is 5.32 Å². The third-order valence-corrected chi connectivity index (χ3v) is 3.71. The van der Waals surface area contributed by atoms with Gasteiger partial charge in [-0.15, -0.1) is 0 Å². The summed E-state index contributed by atoms with van der Waals surface area (Å²) < 4.78 is 0.829. The summed E-state index contributed by atoms with van der Waals surface area (Å²) in [6.07, 6.45) is 1.03. The van der Waals surface area contributed by atoms with Crippen LogP contribution in [0.25, 0.3) is 0 Å². The predicted octanol–water partition coefficient (Wildman–Crippen LogP) is 3.99. The molecular weight excluding hydrogens is 346 g/mol. The van der Waals surface area contributed by atoms with E-state index in [0.29, 0.717) is 12.1 Å². The van der Waals surface area contributed by atoms with Crippen molar-refractivity contribution in [3.05, 3.63) is 34.3 Å². The Labute approximate surface area is 119 Å². The normalized spacial score (nSPS) is 11.3. The first kappa shape index (κ1) is 14.7. The number of rotatable bonds is 5. The lowest BCUT2D eigenvalue weighted by Crippen LogP contribution is -2.34. The molecule has 0 saturated carbocycles. The lowest BCUT2D eigenvalue weighted by molar-refractivity contribution is 0.0935. The number of carbonyl (C=O) groups excluding carboxylic acids is 1. The van der Waals surface area contributed by atoms with Crippen molar-refractivity contribution in [3.63, 3.8) is 0 Å². The summed E-state index contributed by atoms with van der Waals surface area (Å²) >= 11 is 6.81. The van der Waals surface area contributed by atoms with Gasteiger partial charge >= 0.3 is 0 Å². The Morgan fingerprint density at radius 2 is 2.00 bits per heavy atom. The number of nitrogens with one attached hydrogen (secondary N) is 1. The van der Waals surface area contributed by atoms with E-state index in [4.69, 9.17) is 0 Å². The van der Waals surface area contributed by atoms with Gasteiger partial charge in [-0.1, -0.05) is 41.9 Å². The van der Waals surface area contributed by atoms with Crippen molar-refractivity contribution in [2.75, 3.05) is 11.9 Å². The van der Waals surface area contributed by atoms with Crippen LogP contribution in [0.4, 0.5) is 0 Å². The molecule has 0 aromatic heterocycles. The van der Waals surface area contributed by atoms with Crippen molar-refractivity contribution < 1.29 is 4.79 Å². The van der Waals surface area contributed by atoms with E-state index in [1.165, 1.54) is 0 Å². The molecule has 0 heterocycles. The molecule has 94 valence electrons. The highest BCUT2D eigenvalue weighted by Crippen LogP contribution is 2.21. The number of halogens is 2. The fraction of sp³-hybridized carbons (Fsp3) is 0.462. The van der Waals surface area contributed by atoms with Gasteiger partial charge in [0.25, 0.3) is 5.91 Å². The van der Waals surface area contributed by atoms with Gasteiger partial charge in [0.2, 0.25) is 0 Å². The van der Waals surface area contributed by atoms with Crippen molar-refractivity contribution in [3.8, 4) is 0 Å². The van der Waals surface area contributed by atoms with Crippen LogP contribution in [0.15, 0.2) is 28.7 Å². The second-order valence-corrected chi connectivity index (χ2v) is 6.41. The van der Waals surface area contributed by atoms with E-state index in [0.717, 1.165) is 16.2 Å². The van der Waals surface area contributed by atoms with Crippen LogP contribution in [0, 0.1) is 5.41 Å². The first-order chi connectivity index (χ1) is 7.96. The average molecular weight is 363 g/mol. The fourth-order valence-corrected chi connectivity index (χ4v) is 2.94. The zero-order valence-electron chi connectivity index (χ0n) is 10.1. The number of amides is 1. The largest absolute Gasteiger partial charge is 0.351 e. The summed E-state index contributed by atoms with van der Waals surface area (Å²) in [5.41, 5.74) is 0.794. The number of alkyl halides is 1. The molecule has 0 fully saturated rings. The minimum atomic E-state index is -0.0277. The summed E-state index contributed by atoms with van der Waals surface area (Å²) in [5, 5.41) is 3.92. The molecule has 0 bridgehead atoms. The Morgan fingerprint density at radius 3 is 2.59 bits per heavy atom. The summed E-state index contributed by atoms with van der Waals surface area (Å²) in [6, 6.07) is 7.45. The molecule has 0 aliphatic carbocycles. The van der Waals surface area contributed by atoms with E-state index in [9.17, 15) is 4.79 Å². The van der Waals surface area contributed by atoms with E-state index in [1.807, 2.05) is 24.3 Å². The van der Waals surface area contributed by atoms with Crippen LogP contribution in [0.5, 0.6) is 0 Å². The van der Waals surface area contributed by atoms with Gasteiger partial charge in [0.1, 0.15) is 0 Å². The molecule has 2 nitrogen and oxygen atoms in total. The van der Waals surface area contributed by atoms with Gasteiger partial charge in [-0.05, 0) is 39.9 Å². The topological polar surface area (TPSA) is 29.1 Å². The quantitative estimate of drug-likeness (QED) is 0.788. The molecule has 0 atom stereocenters. The van der Waals surface area contributed by atoms with Crippen LogP contribution in [0.1, 0.15) is 30.6 Å². The average Bonchev–Trinajstić information content (AvgIpc) is 2.27. The highest BCUT2D eigenvalue weighted by Gasteiger charge is 2.18. The van der Waals surface area contributed by atoms with E-state index in [-0.39, 0.29) is 11.3 Å². The Bertz CT molecular complexity index is 391. The molecule has 1 N–H and O–H groups in total. The standard InChI is InChI=1S/C13H17Br2NO/c1-13(2,7-8-14)9-16-12(17)10-5-3-4-6-11(10)15/h3-6H,7-9H2,1-2H3,(H,16,17). The lowest BCUT2D eigenvalue weighted by Gasteiger charge is -2.24. The van der Waals surface area contributed by atoms with Crippen molar-refractivity contribution in [2.45, 2.75) is 20.3 Å². The zero-order chi connectivity index (χ0) is 12.9. The maximum absolute atomic E-state index is 12.0. The third-order valence-electron chi connectivity index (χ3n) is 2.62. The van der Waals surface area contributed by atoms with Gasteiger partial charge in [-0.2, -0.15) is 0 Å². The van der Waals surface area contributed by atoms with Gasteiger partial charge in [0, 0.05) is 16.3 Å². The number of benzene rings is 1. The van der Waals surface area contributed by atoms with Gasteiger partial charge in [-0.25, -0.2) is 0 Å². The third kappa shape index (κ3) is 4.80. The minimum Gasteiger partial charge on any atom is -0.351 e. The molecule has 17 heavy (non-hydrogen) atoms. The van der Waals surface area contributed by atoms with Gasteiger partial charge in [0.05, 0.1) is 5.56 Å². The van der Waals surface area contributed by atoms with Crippen molar-refractivity contribution in [1.29, 1.82) is 0 Å². The minimum absolute atomic E-state index is 0.0277. The molecule has 0 saturated heterocycles. The highest BCUT2D eigenvalue weighted by molar-refractivity contribution is 9.10. The molecule has 0 aliphatic heterocycles. The van der Waals surface area contributed by atoms with Crippen molar-refractivity contribution in [2.24, 2.45) is 5.41 Å². The molecule has 1 amide bonds. The summed E-state index contributed by atoms with van der Waals surface area (Å²) in [4.78, 5) is 12.0. The first-order valence-electron chi connectivity index (χ1n) is 5.55. The summed E-state index contributed by atoms with van der Waals surface area (Å²) in [7, 11) is 0. The predicted molar refractivity (Wildman–Crippen MR) is 78.7 cm³/mol. The SMILES string of the molecule is CC(C)(CCBr)CNC(=O)c1ccccc1Br. The van der Waals surface area contributed by atoms with E-state index >= 15 is 0 Å². The van der Waals surface area contributed by atoms with E-state index in [2.05, 4.69) is 51.0 Å². The maximum atomic E-state index is 12.0. The Balaban J connectivity index is 2.59. The summed E-state index contributed by atoms with van der Waals surface area (Å²) in [6.45, 7) is 4.97. The Hall–Kier alpha value is -0.350. The smallest absolute Gasteiger partial charge is 0.252 e. The number of hydrogen-bond donors (Lipinski definition) is 1. The molecule has 0 unspecified atom stereocenters. The Morgan fingerprint density at radius 1 is 1.35 bits per heavy atom.